The highest BCUT2D eigenvalue weighted by molar-refractivity contribution is 5.85. The third-order valence-electron chi connectivity index (χ3n) is 2.70. The van der Waals surface area contributed by atoms with Crippen LogP contribution < -0.4 is 5.32 Å². The molecule has 1 aromatic heterocycles. The first-order valence-corrected chi connectivity index (χ1v) is 4.77. The van der Waals surface area contributed by atoms with Crippen molar-refractivity contribution in [1.29, 1.82) is 0 Å². The van der Waals surface area contributed by atoms with Gasteiger partial charge in [-0.1, -0.05) is 6.07 Å². The summed E-state index contributed by atoms with van der Waals surface area (Å²) < 4.78 is 37.9. The van der Waals surface area contributed by atoms with E-state index < -0.39 is 18.0 Å². The van der Waals surface area contributed by atoms with Crippen LogP contribution in [0.25, 0.3) is 0 Å². The second kappa shape index (κ2) is 6.42. The molecule has 1 N–H and O–H groups in total. The average molecular weight is 289 g/mol. The number of alkyl halides is 3. The second-order valence-corrected chi connectivity index (χ2v) is 3.67. The molecule has 1 aromatic rings. The lowest BCUT2D eigenvalue weighted by atomic mass is 9.92. The molecule has 0 amide bonds. The SMILES string of the molecule is Cl.Cl.FC(F)(F)C1CNCC1c1ccccn1. The number of hydrogen-bond acceptors (Lipinski definition) is 2. The molecule has 0 radical (unpaired) electrons. The van der Waals surface area contributed by atoms with Gasteiger partial charge in [0.25, 0.3) is 0 Å². The topological polar surface area (TPSA) is 24.9 Å². The summed E-state index contributed by atoms with van der Waals surface area (Å²) in [5.41, 5.74) is 0.518. The summed E-state index contributed by atoms with van der Waals surface area (Å²) in [5, 5.41) is 2.77. The molecule has 0 saturated carbocycles. The fourth-order valence-corrected chi connectivity index (χ4v) is 1.93. The zero-order valence-electron chi connectivity index (χ0n) is 8.78. The van der Waals surface area contributed by atoms with Gasteiger partial charge in [-0.25, -0.2) is 0 Å². The Bertz CT molecular complexity index is 332. The first-order valence-electron chi connectivity index (χ1n) is 4.77. The molecular weight excluding hydrogens is 276 g/mol. The number of pyridine rings is 1. The highest BCUT2D eigenvalue weighted by Gasteiger charge is 2.47. The minimum Gasteiger partial charge on any atom is -0.315 e. The quantitative estimate of drug-likeness (QED) is 0.860. The maximum absolute atomic E-state index is 12.6. The molecule has 1 saturated heterocycles. The third-order valence-corrected chi connectivity index (χ3v) is 2.70. The maximum Gasteiger partial charge on any atom is 0.393 e. The van der Waals surface area contributed by atoms with E-state index in [0.717, 1.165) is 0 Å². The largest absolute Gasteiger partial charge is 0.393 e. The predicted octanol–water partition coefficient (Wildman–Crippen LogP) is 2.79. The van der Waals surface area contributed by atoms with Crippen molar-refractivity contribution in [3.05, 3.63) is 30.1 Å². The Balaban J connectivity index is 0.00000128. The monoisotopic (exact) mass is 288 g/mol. The van der Waals surface area contributed by atoms with Gasteiger partial charge in [0.15, 0.2) is 0 Å². The fourth-order valence-electron chi connectivity index (χ4n) is 1.93. The summed E-state index contributed by atoms with van der Waals surface area (Å²) in [5.74, 6) is -1.86. The smallest absolute Gasteiger partial charge is 0.315 e. The molecular formula is C10H13Cl2F3N2. The van der Waals surface area contributed by atoms with Crippen LogP contribution in [0.2, 0.25) is 0 Å². The van der Waals surface area contributed by atoms with E-state index in [9.17, 15) is 13.2 Å². The van der Waals surface area contributed by atoms with Gasteiger partial charge in [-0.3, -0.25) is 4.98 Å². The van der Waals surface area contributed by atoms with Crippen molar-refractivity contribution in [2.75, 3.05) is 13.1 Å². The molecule has 2 nitrogen and oxygen atoms in total. The average Bonchev–Trinajstić information content (AvgIpc) is 2.67. The normalized spacial score (nSPS) is 23.7. The highest BCUT2D eigenvalue weighted by atomic mass is 35.5. The van der Waals surface area contributed by atoms with Gasteiger partial charge in [-0.05, 0) is 12.1 Å². The van der Waals surface area contributed by atoms with Crippen LogP contribution in [0.3, 0.4) is 0 Å². The predicted molar refractivity (Wildman–Crippen MR) is 63.9 cm³/mol. The Morgan fingerprint density at radius 1 is 1.18 bits per heavy atom. The number of rotatable bonds is 1. The zero-order chi connectivity index (χ0) is 10.9. The van der Waals surface area contributed by atoms with Crippen LogP contribution in [0, 0.1) is 5.92 Å². The van der Waals surface area contributed by atoms with Gasteiger partial charge in [0.1, 0.15) is 0 Å². The number of nitrogens with zero attached hydrogens (tertiary/aromatic N) is 1. The van der Waals surface area contributed by atoms with Gasteiger partial charge in [0.05, 0.1) is 5.92 Å². The summed E-state index contributed by atoms with van der Waals surface area (Å²) in [6.45, 7) is 0.339. The molecule has 0 aromatic carbocycles. The molecule has 2 atom stereocenters. The minimum atomic E-state index is -4.15. The Kier molecular flexibility index (Phi) is 6.23. The molecule has 0 spiro atoms. The molecule has 2 rings (SSSR count). The van der Waals surface area contributed by atoms with Crippen LogP contribution >= 0.6 is 24.8 Å². The number of hydrogen-bond donors (Lipinski definition) is 1. The summed E-state index contributed by atoms with van der Waals surface area (Å²) in [6, 6.07) is 5.07. The van der Waals surface area contributed by atoms with Crippen molar-refractivity contribution in [3.8, 4) is 0 Å². The molecule has 0 aliphatic carbocycles. The second-order valence-electron chi connectivity index (χ2n) is 3.67. The van der Waals surface area contributed by atoms with Gasteiger partial charge in [-0.2, -0.15) is 13.2 Å². The van der Waals surface area contributed by atoms with Crippen molar-refractivity contribution >= 4 is 24.8 Å². The van der Waals surface area contributed by atoms with Crippen LogP contribution in [0.1, 0.15) is 11.6 Å². The van der Waals surface area contributed by atoms with E-state index in [1.165, 1.54) is 6.20 Å². The van der Waals surface area contributed by atoms with Gasteiger partial charge in [0, 0.05) is 30.9 Å². The van der Waals surface area contributed by atoms with E-state index in [0.29, 0.717) is 12.2 Å². The molecule has 0 bridgehead atoms. The minimum absolute atomic E-state index is 0. The molecule has 2 unspecified atom stereocenters. The van der Waals surface area contributed by atoms with Crippen LogP contribution in [-0.4, -0.2) is 24.2 Å². The first-order chi connectivity index (χ1) is 7.09. The highest BCUT2D eigenvalue weighted by Crippen LogP contribution is 2.38. The molecule has 1 fully saturated rings. The van der Waals surface area contributed by atoms with Crippen molar-refractivity contribution in [1.82, 2.24) is 10.3 Å². The summed E-state index contributed by atoms with van der Waals surface area (Å²) in [6.07, 6.45) is -2.62. The fraction of sp³-hybridized carbons (Fsp3) is 0.500. The summed E-state index contributed by atoms with van der Waals surface area (Å²) in [7, 11) is 0. The van der Waals surface area contributed by atoms with Crippen LogP contribution in [-0.2, 0) is 0 Å². The standard InChI is InChI=1S/C10H11F3N2.2ClH/c11-10(12,13)8-6-14-5-7(8)9-3-1-2-4-15-9;;/h1-4,7-8,14H,5-6H2;2*1H. The number of halogens is 5. The van der Waals surface area contributed by atoms with Crippen molar-refractivity contribution in [2.45, 2.75) is 12.1 Å². The number of aromatic nitrogens is 1. The van der Waals surface area contributed by atoms with E-state index in [1.807, 2.05) is 0 Å². The Morgan fingerprint density at radius 3 is 2.41 bits per heavy atom. The van der Waals surface area contributed by atoms with Crippen molar-refractivity contribution in [3.63, 3.8) is 0 Å². The Labute approximate surface area is 110 Å². The third kappa shape index (κ3) is 3.72. The molecule has 2 heterocycles. The van der Waals surface area contributed by atoms with Gasteiger partial charge >= 0.3 is 6.18 Å². The van der Waals surface area contributed by atoms with Gasteiger partial charge in [0.2, 0.25) is 0 Å². The molecule has 1 aliphatic heterocycles. The molecule has 7 heteroatoms. The van der Waals surface area contributed by atoms with E-state index >= 15 is 0 Å². The lowest BCUT2D eigenvalue weighted by Crippen LogP contribution is -2.29. The summed E-state index contributed by atoms with van der Waals surface area (Å²) in [4.78, 5) is 3.98. The number of nitrogens with one attached hydrogen (secondary N) is 1. The van der Waals surface area contributed by atoms with E-state index in [4.69, 9.17) is 0 Å². The zero-order valence-corrected chi connectivity index (χ0v) is 10.4. The lowest BCUT2D eigenvalue weighted by Gasteiger charge is -2.20. The molecule has 98 valence electrons. The summed E-state index contributed by atoms with van der Waals surface area (Å²) >= 11 is 0. The van der Waals surface area contributed by atoms with E-state index in [1.54, 1.807) is 18.2 Å². The Morgan fingerprint density at radius 2 is 1.88 bits per heavy atom. The van der Waals surface area contributed by atoms with Gasteiger partial charge < -0.3 is 5.32 Å². The van der Waals surface area contributed by atoms with E-state index in [-0.39, 0.29) is 31.4 Å². The molecule has 17 heavy (non-hydrogen) atoms. The van der Waals surface area contributed by atoms with Crippen LogP contribution in [0.15, 0.2) is 24.4 Å². The van der Waals surface area contributed by atoms with Crippen molar-refractivity contribution < 1.29 is 13.2 Å². The maximum atomic E-state index is 12.6. The van der Waals surface area contributed by atoms with Gasteiger partial charge in [-0.15, -0.1) is 24.8 Å². The first kappa shape index (κ1) is 16.5. The van der Waals surface area contributed by atoms with E-state index in [2.05, 4.69) is 10.3 Å². The molecule has 1 aliphatic rings. The van der Waals surface area contributed by atoms with Crippen molar-refractivity contribution in [2.24, 2.45) is 5.92 Å². The lowest BCUT2D eigenvalue weighted by molar-refractivity contribution is -0.172. The Hall–Kier alpha value is -0.520. The van der Waals surface area contributed by atoms with Crippen LogP contribution in [0.4, 0.5) is 13.2 Å². The van der Waals surface area contributed by atoms with Crippen LogP contribution in [0.5, 0.6) is 0 Å².